The van der Waals surface area contributed by atoms with Gasteiger partial charge in [0.2, 0.25) is 0 Å². The Bertz CT molecular complexity index is 441. The van der Waals surface area contributed by atoms with Gasteiger partial charge in [0.25, 0.3) is 0 Å². The predicted molar refractivity (Wildman–Crippen MR) is 70.7 cm³/mol. The van der Waals surface area contributed by atoms with Crippen LogP contribution >= 0.6 is 0 Å². The number of carboxylic acid groups (broad SMARTS) is 1. The Morgan fingerprint density at radius 1 is 1.39 bits per heavy atom. The summed E-state index contributed by atoms with van der Waals surface area (Å²) in [5.41, 5.74) is 2.59. The van der Waals surface area contributed by atoms with Gasteiger partial charge in [-0.25, -0.2) is 0 Å². The van der Waals surface area contributed by atoms with Crippen molar-refractivity contribution in [1.82, 2.24) is 4.90 Å². The van der Waals surface area contributed by atoms with Crippen LogP contribution in [-0.4, -0.2) is 35.2 Å². The van der Waals surface area contributed by atoms with Crippen molar-refractivity contribution in [1.29, 1.82) is 0 Å². The predicted octanol–water partition coefficient (Wildman–Crippen LogP) is 2.03. The minimum absolute atomic E-state index is 0.301. The van der Waals surface area contributed by atoms with Crippen LogP contribution in [0.2, 0.25) is 0 Å². The van der Waals surface area contributed by atoms with Crippen molar-refractivity contribution in [3.8, 4) is 5.75 Å². The maximum absolute atomic E-state index is 10.9. The number of carbonyl (C=O) groups is 1. The summed E-state index contributed by atoms with van der Waals surface area (Å²) in [7, 11) is 3.86. The first-order valence-electron chi connectivity index (χ1n) is 6.00. The van der Waals surface area contributed by atoms with E-state index in [0.717, 1.165) is 16.7 Å². The summed E-state index contributed by atoms with van der Waals surface area (Å²) >= 11 is 0. The normalized spacial score (nSPS) is 12.7. The molecule has 100 valence electrons. The van der Waals surface area contributed by atoms with Gasteiger partial charge in [0.1, 0.15) is 5.75 Å². The Kier molecular flexibility index (Phi) is 4.73. The second-order valence-corrected chi connectivity index (χ2v) is 5.10. The van der Waals surface area contributed by atoms with E-state index >= 15 is 0 Å². The van der Waals surface area contributed by atoms with Crippen molar-refractivity contribution in [3.63, 3.8) is 0 Å². The van der Waals surface area contributed by atoms with Crippen LogP contribution in [0.4, 0.5) is 0 Å². The van der Waals surface area contributed by atoms with Crippen LogP contribution in [0.3, 0.4) is 0 Å². The molecule has 0 fully saturated rings. The van der Waals surface area contributed by atoms with Crippen molar-refractivity contribution in [2.45, 2.75) is 26.8 Å². The smallest absolute Gasteiger partial charge is 0.306 e. The van der Waals surface area contributed by atoms with E-state index in [9.17, 15) is 9.90 Å². The summed E-state index contributed by atoms with van der Waals surface area (Å²) in [5.74, 6) is -0.911. The van der Waals surface area contributed by atoms with Gasteiger partial charge in [0.05, 0.1) is 5.92 Å². The number of hydrogen-bond acceptors (Lipinski definition) is 3. The van der Waals surface area contributed by atoms with E-state index in [4.69, 9.17) is 5.11 Å². The van der Waals surface area contributed by atoms with Crippen LogP contribution < -0.4 is 0 Å². The Labute approximate surface area is 108 Å². The fourth-order valence-corrected chi connectivity index (χ4v) is 1.95. The van der Waals surface area contributed by atoms with Gasteiger partial charge in [0, 0.05) is 12.1 Å². The van der Waals surface area contributed by atoms with E-state index in [1.165, 1.54) is 0 Å². The van der Waals surface area contributed by atoms with Crippen molar-refractivity contribution in [2.75, 3.05) is 14.1 Å². The van der Waals surface area contributed by atoms with E-state index in [-0.39, 0.29) is 0 Å². The van der Waals surface area contributed by atoms with Gasteiger partial charge in [0.15, 0.2) is 0 Å². The molecule has 0 spiro atoms. The van der Waals surface area contributed by atoms with Crippen LogP contribution in [0.15, 0.2) is 12.1 Å². The third kappa shape index (κ3) is 3.74. The highest BCUT2D eigenvalue weighted by Gasteiger charge is 2.14. The molecule has 0 aliphatic rings. The summed E-state index contributed by atoms with van der Waals surface area (Å²) in [5, 5.41) is 18.9. The number of aryl methyl sites for hydroxylation is 1. The third-order valence-electron chi connectivity index (χ3n) is 2.89. The van der Waals surface area contributed by atoms with Crippen LogP contribution in [0, 0.1) is 12.8 Å². The third-order valence-corrected chi connectivity index (χ3v) is 2.89. The molecule has 0 aromatic heterocycles. The lowest BCUT2D eigenvalue weighted by atomic mass is 9.96. The van der Waals surface area contributed by atoms with Crippen molar-refractivity contribution in [2.24, 2.45) is 5.92 Å². The summed E-state index contributed by atoms with van der Waals surface area (Å²) < 4.78 is 0. The summed E-state index contributed by atoms with van der Waals surface area (Å²) in [4.78, 5) is 12.8. The van der Waals surface area contributed by atoms with Gasteiger partial charge in [-0.3, -0.25) is 4.79 Å². The molecule has 18 heavy (non-hydrogen) atoms. The molecule has 1 atom stereocenters. The number of aromatic hydroxyl groups is 1. The fraction of sp³-hybridized carbons (Fsp3) is 0.500. The number of rotatable bonds is 5. The van der Waals surface area contributed by atoms with E-state index in [1.807, 2.05) is 38.1 Å². The van der Waals surface area contributed by atoms with Crippen LogP contribution in [0.5, 0.6) is 5.75 Å². The molecule has 0 amide bonds. The van der Waals surface area contributed by atoms with Gasteiger partial charge in [-0.05, 0) is 38.6 Å². The molecule has 1 aromatic rings. The SMILES string of the molecule is Cc1cc(CC(C)C(=O)O)cc(CN(C)C)c1O. The maximum Gasteiger partial charge on any atom is 0.306 e. The molecule has 2 N–H and O–H groups in total. The number of nitrogens with zero attached hydrogens (tertiary/aromatic N) is 1. The van der Waals surface area contributed by atoms with Crippen molar-refractivity contribution >= 4 is 5.97 Å². The minimum atomic E-state index is -0.796. The van der Waals surface area contributed by atoms with E-state index < -0.39 is 11.9 Å². The standard InChI is InChI=1S/C14H21NO3/c1-9-5-11(6-10(2)14(17)18)7-12(13(9)16)8-15(3)4/h5,7,10,16H,6,8H2,1-4H3,(H,17,18). The summed E-state index contributed by atoms with van der Waals surface area (Å²) in [6.45, 7) is 4.17. The highest BCUT2D eigenvalue weighted by atomic mass is 16.4. The molecule has 1 aromatic carbocycles. The minimum Gasteiger partial charge on any atom is -0.507 e. The second-order valence-electron chi connectivity index (χ2n) is 5.10. The second kappa shape index (κ2) is 5.87. The van der Waals surface area contributed by atoms with Gasteiger partial charge < -0.3 is 15.1 Å². The Morgan fingerprint density at radius 3 is 2.50 bits per heavy atom. The van der Waals surface area contributed by atoms with E-state index in [0.29, 0.717) is 18.7 Å². The zero-order valence-electron chi connectivity index (χ0n) is 11.4. The molecule has 0 saturated heterocycles. The number of carboxylic acids is 1. The molecule has 4 nitrogen and oxygen atoms in total. The zero-order chi connectivity index (χ0) is 13.9. The average molecular weight is 251 g/mol. The van der Waals surface area contributed by atoms with E-state index in [1.54, 1.807) is 6.92 Å². The summed E-state index contributed by atoms with van der Waals surface area (Å²) in [6, 6.07) is 3.75. The van der Waals surface area contributed by atoms with Crippen LogP contribution in [0.1, 0.15) is 23.6 Å². The van der Waals surface area contributed by atoms with Gasteiger partial charge in [-0.2, -0.15) is 0 Å². The maximum atomic E-state index is 10.9. The number of phenolic OH excluding ortho intramolecular Hbond substituents is 1. The Hall–Kier alpha value is -1.55. The Morgan fingerprint density at radius 2 is 2.00 bits per heavy atom. The van der Waals surface area contributed by atoms with Crippen LogP contribution in [0.25, 0.3) is 0 Å². The van der Waals surface area contributed by atoms with Gasteiger partial charge in [-0.1, -0.05) is 19.1 Å². The molecule has 0 saturated carbocycles. The highest BCUT2D eigenvalue weighted by molar-refractivity contribution is 5.70. The summed E-state index contributed by atoms with van der Waals surface area (Å²) in [6.07, 6.45) is 0.483. The van der Waals surface area contributed by atoms with Crippen LogP contribution in [-0.2, 0) is 17.8 Å². The molecular formula is C14H21NO3. The Balaban J connectivity index is 3.00. The largest absolute Gasteiger partial charge is 0.507 e. The van der Waals surface area contributed by atoms with Gasteiger partial charge in [-0.15, -0.1) is 0 Å². The van der Waals surface area contributed by atoms with Crippen molar-refractivity contribution < 1.29 is 15.0 Å². The topological polar surface area (TPSA) is 60.8 Å². The quantitative estimate of drug-likeness (QED) is 0.840. The lowest BCUT2D eigenvalue weighted by Crippen LogP contribution is -2.14. The molecule has 0 bridgehead atoms. The number of phenols is 1. The molecule has 0 aliphatic heterocycles. The first-order valence-corrected chi connectivity index (χ1v) is 6.00. The molecule has 0 radical (unpaired) electrons. The monoisotopic (exact) mass is 251 g/mol. The number of aliphatic carboxylic acids is 1. The fourth-order valence-electron chi connectivity index (χ4n) is 1.95. The molecule has 4 heteroatoms. The lowest BCUT2D eigenvalue weighted by Gasteiger charge is -2.15. The molecule has 1 unspecified atom stereocenters. The first-order chi connectivity index (χ1) is 8.31. The van der Waals surface area contributed by atoms with E-state index in [2.05, 4.69) is 0 Å². The zero-order valence-corrected chi connectivity index (χ0v) is 11.4. The molecule has 0 heterocycles. The average Bonchev–Trinajstić information content (AvgIpc) is 2.24. The number of benzene rings is 1. The highest BCUT2D eigenvalue weighted by Crippen LogP contribution is 2.26. The first kappa shape index (κ1) is 14.5. The van der Waals surface area contributed by atoms with Gasteiger partial charge >= 0.3 is 5.97 Å². The molecule has 1 rings (SSSR count). The van der Waals surface area contributed by atoms with Crippen molar-refractivity contribution in [3.05, 3.63) is 28.8 Å². The molecule has 0 aliphatic carbocycles. The number of hydrogen-bond donors (Lipinski definition) is 2. The lowest BCUT2D eigenvalue weighted by molar-refractivity contribution is -0.141. The molecular weight excluding hydrogens is 230 g/mol.